The molecule has 0 aliphatic carbocycles. The molecule has 0 radical (unpaired) electrons. The van der Waals surface area contributed by atoms with Gasteiger partial charge in [-0.15, -0.1) is 11.3 Å². The van der Waals surface area contributed by atoms with Crippen molar-refractivity contribution in [2.45, 2.75) is 32.5 Å². The van der Waals surface area contributed by atoms with Gasteiger partial charge in [0, 0.05) is 5.38 Å². The Morgan fingerprint density at radius 3 is 3.00 bits per heavy atom. The van der Waals surface area contributed by atoms with Crippen molar-refractivity contribution in [2.24, 2.45) is 0 Å². The first-order chi connectivity index (χ1) is 6.84. The standard InChI is InChI=1S/C10H16N2OS/c1-8-12-9(7-14-8)6-13-10-2-4-11-5-3-10/h7,10-11H,2-6H2,1H3. The third-order valence-corrected chi connectivity index (χ3v) is 3.24. The van der Waals surface area contributed by atoms with Crippen LogP contribution in [0.3, 0.4) is 0 Å². The summed E-state index contributed by atoms with van der Waals surface area (Å²) in [6, 6.07) is 0. The first kappa shape index (κ1) is 10.1. The van der Waals surface area contributed by atoms with Gasteiger partial charge in [-0.05, 0) is 32.9 Å². The summed E-state index contributed by atoms with van der Waals surface area (Å²) >= 11 is 1.69. The maximum atomic E-state index is 5.79. The van der Waals surface area contributed by atoms with Crippen LogP contribution in [0.25, 0.3) is 0 Å². The molecule has 78 valence electrons. The fourth-order valence-corrected chi connectivity index (χ4v) is 2.24. The monoisotopic (exact) mass is 212 g/mol. The molecule has 1 aromatic rings. The molecule has 0 saturated carbocycles. The minimum absolute atomic E-state index is 0.429. The normalized spacial score (nSPS) is 18.6. The number of nitrogens with zero attached hydrogens (tertiary/aromatic N) is 1. The van der Waals surface area contributed by atoms with E-state index < -0.39 is 0 Å². The van der Waals surface area contributed by atoms with E-state index in [4.69, 9.17) is 4.74 Å². The molecule has 0 atom stereocenters. The maximum Gasteiger partial charge on any atom is 0.0900 e. The first-order valence-corrected chi connectivity index (χ1v) is 5.96. The summed E-state index contributed by atoms with van der Waals surface area (Å²) in [5.74, 6) is 0. The lowest BCUT2D eigenvalue weighted by Gasteiger charge is -2.22. The van der Waals surface area contributed by atoms with Gasteiger partial charge in [0.15, 0.2) is 0 Å². The highest BCUT2D eigenvalue weighted by Gasteiger charge is 2.13. The minimum atomic E-state index is 0.429. The quantitative estimate of drug-likeness (QED) is 0.828. The van der Waals surface area contributed by atoms with Gasteiger partial charge in [-0.25, -0.2) is 4.98 Å². The van der Waals surface area contributed by atoms with Gasteiger partial charge >= 0.3 is 0 Å². The molecule has 0 unspecified atom stereocenters. The number of aryl methyl sites for hydroxylation is 1. The summed E-state index contributed by atoms with van der Waals surface area (Å²) in [5, 5.41) is 6.52. The maximum absolute atomic E-state index is 5.79. The molecule has 1 aromatic heterocycles. The van der Waals surface area contributed by atoms with Crippen LogP contribution >= 0.6 is 11.3 Å². The van der Waals surface area contributed by atoms with Gasteiger partial charge in [0.05, 0.1) is 23.4 Å². The Bertz CT molecular complexity index is 281. The van der Waals surface area contributed by atoms with E-state index in [1.54, 1.807) is 11.3 Å². The highest BCUT2D eigenvalue weighted by atomic mass is 32.1. The average Bonchev–Trinajstić information content (AvgIpc) is 2.63. The van der Waals surface area contributed by atoms with E-state index in [2.05, 4.69) is 15.7 Å². The van der Waals surface area contributed by atoms with Crippen molar-refractivity contribution in [3.63, 3.8) is 0 Å². The molecule has 0 amide bonds. The Morgan fingerprint density at radius 1 is 1.57 bits per heavy atom. The molecule has 0 spiro atoms. The second-order valence-electron chi connectivity index (χ2n) is 3.62. The zero-order valence-corrected chi connectivity index (χ0v) is 9.27. The Balaban J connectivity index is 1.76. The summed E-state index contributed by atoms with van der Waals surface area (Å²) in [4.78, 5) is 4.37. The van der Waals surface area contributed by atoms with Crippen molar-refractivity contribution in [3.8, 4) is 0 Å². The third kappa shape index (κ3) is 2.77. The predicted octanol–water partition coefficient (Wildman–Crippen LogP) is 1.72. The number of hydrogen-bond acceptors (Lipinski definition) is 4. The van der Waals surface area contributed by atoms with E-state index in [1.807, 2.05) is 6.92 Å². The van der Waals surface area contributed by atoms with Gasteiger partial charge in [0.1, 0.15) is 0 Å². The van der Waals surface area contributed by atoms with Crippen LogP contribution in [0, 0.1) is 6.92 Å². The van der Waals surface area contributed by atoms with E-state index in [9.17, 15) is 0 Å². The Kier molecular flexibility index (Phi) is 3.50. The topological polar surface area (TPSA) is 34.1 Å². The molecule has 0 aromatic carbocycles. The molecule has 0 bridgehead atoms. The van der Waals surface area contributed by atoms with Crippen LogP contribution in [0.4, 0.5) is 0 Å². The summed E-state index contributed by atoms with van der Waals surface area (Å²) in [6.07, 6.45) is 2.69. The van der Waals surface area contributed by atoms with Gasteiger partial charge in [-0.2, -0.15) is 0 Å². The lowest BCUT2D eigenvalue weighted by molar-refractivity contribution is 0.0198. The Labute approximate surface area is 88.5 Å². The van der Waals surface area contributed by atoms with Gasteiger partial charge in [0.2, 0.25) is 0 Å². The summed E-state index contributed by atoms with van der Waals surface area (Å²) in [6.45, 7) is 4.87. The molecule has 4 heteroatoms. The molecule has 1 aliphatic heterocycles. The number of hydrogen-bond donors (Lipinski definition) is 1. The molecule has 1 saturated heterocycles. The fourth-order valence-electron chi connectivity index (χ4n) is 1.64. The van der Waals surface area contributed by atoms with Crippen LogP contribution < -0.4 is 5.32 Å². The molecule has 3 nitrogen and oxygen atoms in total. The smallest absolute Gasteiger partial charge is 0.0900 e. The van der Waals surface area contributed by atoms with Crippen molar-refractivity contribution < 1.29 is 4.74 Å². The number of ether oxygens (including phenoxy) is 1. The van der Waals surface area contributed by atoms with Crippen molar-refractivity contribution in [2.75, 3.05) is 13.1 Å². The first-order valence-electron chi connectivity index (χ1n) is 5.08. The van der Waals surface area contributed by atoms with E-state index in [0.717, 1.165) is 36.6 Å². The van der Waals surface area contributed by atoms with Crippen molar-refractivity contribution in [1.82, 2.24) is 10.3 Å². The number of rotatable bonds is 3. The van der Waals surface area contributed by atoms with Gasteiger partial charge < -0.3 is 10.1 Å². The zero-order chi connectivity index (χ0) is 9.80. The van der Waals surface area contributed by atoms with Crippen LogP contribution in [0.15, 0.2) is 5.38 Å². The number of piperidine rings is 1. The van der Waals surface area contributed by atoms with Crippen molar-refractivity contribution in [3.05, 3.63) is 16.1 Å². The summed E-state index contributed by atoms with van der Waals surface area (Å²) in [5.41, 5.74) is 1.08. The van der Waals surface area contributed by atoms with Crippen LogP contribution in [0.2, 0.25) is 0 Å². The SMILES string of the molecule is Cc1nc(COC2CCNCC2)cs1. The molecule has 1 fully saturated rings. The average molecular weight is 212 g/mol. The molecular formula is C10H16N2OS. The van der Waals surface area contributed by atoms with Gasteiger partial charge in [0.25, 0.3) is 0 Å². The molecule has 14 heavy (non-hydrogen) atoms. The molecule has 2 rings (SSSR count). The van der Waals surface area contributed by atoms with E-state index in [0.29, 0.717) is 12.7 Å². The predicted molar refractivity (Wildman–Crippen MR) is 57.5 cm³/mol. The summed E-state index contributed by atoms with van der Waals surface area (Å²) < 4.78 is 5.79. The fraction of sp³-hybridized carbons (Fsp3) is 0.700. The molecule has 1 N–H and O–H groups in total. The van der Waals surface area contributed by atoms with Crippen LogP contribution in [-0.4, -0.2) is 24.2 Å². The number of nitrogens with one attached hydrogen (secondary N) is 1. The minimum Gasteiger partial charge on any atom is -0.372 e. The van der Waals surface area contributed by atoms with Crippen molar-refractivity contribution in [1.29, 1.82) is 0 Å². The lowest BCUT2D eigenvalue weighted by Crippen LogP contribution is -2.32. The highest BCUT2D eigenvalue weighted by Crippen LogP contribution is 2.13. The number of aromatic nitrogens is 1. The number of thiazole rings is 1. The Hall–Kier alpha value is -0.450. The highest BCUT2D eigenvalue weighted by molar-refractivity contribution is 7.09. The molecule has 1 aliphatic rings. The van der Waals surface area contributed by atoms with Gasteiger partial charge in [-0.1, -0.05) is 0 Å². The van der Waals surface area contributed by atoms with Crippen LogP contribution in [-0.2, 0) is 11.3 Å². The van der Waals surface area contributed by atoms with Crippen LogP contribution in [0.5, 0.6) is 0 Å². The van der Waals surface area contributed by atoms with E-state index >= 15 is 0 Å². The van der Waals surface area contributed by atoms with Crippen molar-refractivity contribution >= 4 is 11.3 Å². The Morgan fingerprint density at radius 2 is 2.36 bits per heavy atom. The van der Waals surface area contributed by atoms with Crippen LogP contribution in [0.1, 0.15) is 23.5 Å². The van der Waals surface area contributed by atoms with Gasteiger partial charge in [-0.3, -0.25) is 0 Å². The second-order valence-corrected chi connectivity index (χ2v) is 4.68. The molecule has 2 heterocycles. The summed E-state index contributed by atoms with van der Waals surface area (Å²) in [7, 11) is 0. The lowest BCUT2D eigenvalue weighted by atomic mass is 10.1. The van der Waals surface area contributed by atoms with E-state index in [1.165, 1.54) is 0 Å². The zero-order valence-electron chi connectivity index (χ0n) is 8.45. The molecular weight excluding hydrogens is 196 g/mol. The largest absolute Gasteiger partial charge is 0.372 e. The second kappa shape index (κ2) is 4.87. The third-order valence-electron chi connectivity index (χ3n) is 2.42. The van der Waals surface area contributed by atoms with E-state index in [-0.39, 0.29) is 0 Å².